The molecule has 5 heteroatoms. The Morgan fingerprint density at radius 3 is 2.78 bits per heavy atom. The van der Waals surface area contributed by atoms with Crippen LogP contribution in [0.2, 0.25) is 5.22 Å². The fourth-order valence-electron chi connectivity index (χ4n) is 1.78. The highest BCUT2D eigenvalue weighted by atomic mass is 79.9. The summed E-state index contributed by atoms with van der Waals surface area (Å²) >= 11 is 9.27. The molecule has 0 fully saturated rings. The van der Waals surface area contributed by atoms with Gasteiger partial charge >= 0.3 is 0 Å². The second kappa shape index (κ2) is 4.63. The van der Waals surface area contributed by atoms with Gasteiger partial charge in [0.05, 0.1) is 5.69 Å². The molecule has 1 aromatic heterocycles. The largest absolute Gasteiger partial charge is 0.342 e. The summed E-state index contributed by atoms with van der Waals surface area (Å²) in [5.74, 6) is 0.580. The van der Waals surface area contributed by atoms with Crippen LogP contribution >= 0.6 is 27.5 Å². The Morgan fingerprint density at radius 2 is 2.00 bits per heavy atom. The van der Waals surface area contributed by atoms with Gasteiger partial charge in [0, 0.05) is 10.5 Å². The molecule has 0 saturated carbocycles. The van der Waals surface area contributed by atoms with Crippen molar-refractivity contribution in [3.05, 3.63) is 52.2 Å². The predicted molar refractivity (Wildman–Crippen MR) is 76.4 cm³/mol. The maximum atomic E-state index is 5.68. The molecule has 90 valence electrons. The van der Waals surface area contributed by atoms with Gasteiger partial charge in [0.15, 0.2) is 5.82 Å². The molecule has 0 aliphatic rings. The van der Waals surface area contributed by atoms with Crippen molar-refractivity contribution in [3.8, 4) is 0 Å². The number of aromatic nitrogens is 1. The Kier molecular flexibility index (Phi) is 2.97. The maximum Gasteiger partial charge on any atom is 0.228 e. The lowest BCUT2D eigenvalue weighted by Crippen LogP contribution is -1.91. The van der Waals surface area contributed by atoms with Crippen LogP contribution in [-0.4, -0.2) is 5.16 Å². The minimum absolute atomic E-state index is 0.259. The molecule has 0 atom stereocenters. The van der Waals surface area contributed by atoms with Gasteiger partial charge in [0.1, 0.15) is 0 Å². The zero-order chi connectivity index (χ0) is 12.5. The van der Waals surface area contributed by atoms with Gasteiger partial charge in [0.2, 0.25) is 5.22 Å². The van der Waals surface area contributed by atoms with E-state index in [0.29, 0.717) is 5.82 Å². The molecule has 18 heavy (non-hydrogen) atoms. The highest BCUT2D eigenvalue weighted by Gasteiger charge is 2.07. The quantitative estimate of drug-likeness (QED) is 0.722. The number of fused-ring (bicyclic) bond motifs is 1. The molecular formula is C13H8BrClN2O. The summed E-state index contributed by atoms with van der Waals surface area (Å²) in [6, 6.07) is 13.8. The fourth-order valence-corrected chi connectivity index (χ4v) is 2.51. The van der Waals surface area contributed by atoms with Crippen LogP contribution in [0, 0.1) is 0 Å². The smallest absolute Gasteiger partial charge is 0.228 e. The molecule has 0 spiro atoms. The van der Waals surface area contributed by atoms with Crippen LogP contribution in [0.25, 0.3) is 10.8 Å². The van der Waals surface area contributed by atoms with Crippen LogP contribution in [0.5, 0.6) is 0 Å². The summed E-state index contributed by atoms with van der Waals surface area (Å²) in [4.78, 5) is 0. The van der Waals surface area contributed by atoms with Gasteiger partial charge in [0.25, 0.3) is 0 Å². The van der Waals surface area contributed by atoms with E-state index in [4.69, 9.17) is 16.1 Å². The number of halogens is 2. The molecular weight excluding hydrogens is 316 g/mol. The summed E-state index contributed by atoms with van der Waals surface area (Å²) in [6.07, 6.45) is 0. The lowest BCUT2D eigenvalue weighted by Gasteiger charge is -2.08. The summed E-state index contributed by atoms with van der Waals surface area (Å²) in [7, 11) is 0. The van der Waals surface area contributed by atoms with Crippen molar-refractivity contribution in [3.63, 3.8) is 0 Å². The first-order valence-electron chi connectivity index (χ1n) is 5.30. The second-order valence-electron chi connectivity index (χ2n) is 3.79. The number of rotatable bonds is 2. The number of hydrogen-bond acceptors (Lipinski definition) is 3. The molecule has 0 amide bonds. The topological polar surface area (TPSA) is 38.1 Å². The third kappa shape index (κ3) is 2.09. The first-order chi connectivity index (χ1) is 8.74. The van der Waals surface area contributed by atoms with Gasteiger partial charge in [-0.1, -0.05) is 35.5 Å². The molecule has 0 unspecified atom stereocenters. The van der Waals surface area contributed by atoms with E-state index < -0.39 is 0 Å². The van der Waals surface area contributed by atoms with Crippen molar-refractivity contribution in [1.82, 2.24) is 5.16 Å². The van der Waals surface area contributed by atoms with Gasteiger partial charge in [-0.05, 0) is 44.4 Å². The number of anilines is 2. The van der Waals surface area contributed by atoms with Crippen LogP contribution in [0.1, 0.15) is 0 Å². The van der Waals surface area contributed by atoms with Crippen molar-refractivity contribution >= 4 is 49.8 Å². The van der Waals surface area contributed by atoms with Crippen LogP contribution in [0.15, 0.2) is 51.5 Å². The zero-order valence-electron chi connectivity index (χ0n) is 9.15. The molecule has 0 radical (unpaired) electrons. The highest BCUT2D eigenvalue weighted by molar-refractivity contribution is 9.10. The van der Waals surface area contributed by atoms with Gasteiger partial charge in [-0.2, -0.15) is 0 Å². The van der Waals surface area contributed by atoms with Gasteiger partial charge in [-0.25, -0.2) is 0 Å². The first kappa shape index (κ1) is 11.6. The molecule has 0 bridgehead atoms. The Labute approximate surface area is 117 Å². The molecule has 0 aliphatic carbocycles. The number of nitrogens with one attached hydrogen (secondary N) is 1. The normalized spacial score (nSPS) is 10.8. The monoisotopic (exact) mass is 322 g/mol. The highest BCUT2D eigenvalue weighted by Crippen LogP contribution is 2.33. The lowest BCUT2D eigenvalue weighted by molar-refractivity contribution is 0.425. The maximum absolute atomic E-state index is 5.68. The van der Waals surface area contributed by atoms with E-state index in [0.717, 1.165) is 15.5 Å². The lowest BCUT2D eigenvalue weighted by atomic mass is 10.1. The standard InChI is InChI=1S/C13H8BrClN2O/c14-13-9-4-2-1-3-8(9)5-6-10(13)16-12-7-11(15)18-17-12/h1-7H,(H,16,17). The molecule has 1 N–H and O–H groups in total. The third-order valence-electron chi connectivity index (χ3n) is 2.61. The summed E-state index contributed by atoms with van der Waals surface area (Å²) < 4.78 is 5.79. The average Bonchev–Trinajstić information content (AvgIpc) is 2.79. The average molecular weight is 324 g/mol. The van der Waals surface area contributed by atoms with Crippen LogP contribution in [-0.2, 0) is 0 Å². The van der Waals surface area contributed by atoms with Crippen LogP contribution < -0.4 is 5.32 Å². The van der Waals surface area contributed by atoms with Crippen molar-refractivity contribution in [1.29, 1.82) is 0 Å². The van der Waals surface area contributed by atoms with Gasteiger partial charge in [-0.15, -0.1) is 0 Å². The van der Waals surface area contributed by atoms with Crippen molar-refractivity contribution in [2.24, 2.45) is 0 Å². The number of nitrogens with zero attached hydrogens (tertiary/aromatic N) is 1. The Morgan fingerprint density at radius 1 is 1.17 bits per heavy atom. The molecule has 3 nitrogen and oxygen atoms in total. The minimum atomic E-state index is 0.259. The Bertz CT molecular complexity index is 711. The zero-order valence-corrected chi connectivity index (χ0v) is 11.5. The predicted octanol–water partition coefficient (Wildman–Crippen LogP) is 4.99. The molecule has 3 rings (SSSR count). The van der Waals surface area contributed by atoms with E-state index in [1.54, 1.807) is 6.07 Å². The fraction of sp³-hybridized carbons (Fsp3) is 0. The minimum Gasteiger partial charge on any atom is -0.342 e. The van der Waals surface area contributed by atoms with Gasteiger partial charge < -0.3 is 9.84 Å². The summed E-state index contributed by atoms with van der Waals surface area (Å²) in [5, 5.41) is 9.51. The van der Waals surface area contributed by atoms with E-state index in [1.165, 1.54) is 5.39 Å². The summed E-state index contributed by atoms with van der Waals surface area (Å²) in [6.45, 7) is 0. The third-order valence-corrected chi connectivity index (χ3v) is 3.64. The van der Waals surface area contributed by atoms with Gasteiger partial charge in [-0.3, -0.25) is 0 Å². The van der Waals surface area contributed by atoms with E-state index in [-0.39, 0.29) is 5.22 Å². The van der Waals surface area contributed by atoms with E-state index in [2.05, 4.69) is 38.5 Å². The van der Waals surface area contributed by atoms with Crippen LogP contribution in [0.3, 0.4) is 0 Å². The van der Waals surface area contributed by atoms with Crippen LogP contribution in [0.4, 0.5) is 11.5 Å². The van der Waals surface area contributed by atoms with E-state index in [1.807, 2.05) is 24.3 Å². The molecule has 0 saturated heterocycles. The Hall–Kier alpha value is -1.52. The molecule has 0 aliphatic heterocycles. The van der Waals surface area contributed by atoms with E-state index >= 15 is 0 Å². The van der Waals surface area contributed by atoms with Crippen molar-refractivity contribution in [2.45, 2.75) is 0 Å². The van der Waals surface area contributed by atoms with E-state index in [9.17, 15) is 0 Å². The van der Waals surface area contributed by atoms with Crippen molar-refractivity contribution < 1.29 is 4.52 Å². The Balaban J connectivity index is 2.04. The number of hydrogen-bond donors (Lipinski definition) is 1. The summed E-state index contributed by atoms with van der Waals surface area (Å²) in [5.41, 5.74) is 0.915. The number of benzene rings is 2. The SMILES string of the molecule is Clc1cc(Nc2ccc3ccccc3c2Br)no1. The first-order valence-corrected chi connectivity index (χ1v) is 6.47. The molecule has 2 aromatic carbocycles. The second-order valence-corrected chi connectivity index (χ2v) is 4.96. The molecule has 1 heterocycles. The molecule has 3 aromatic rings. The van der Waals surface area contributed by atoms with Crippen molar-refractivity contribution in [2.75, 3.05) is 5.32 Å².